The highest BCUT2D eigenvalue weighted by Crippen LogP contribution is 2.30. The van der Waals surface area contributed by atoms with Gasteiger partial charge in [0.25, 0.3) is 5.91 Å². The molecule has 0 fully saturated rings. The maximum absolute atomic E-state index is 13.0. The molecule has 0 radical (unpaired) electrons. The number of thiophene rings is 1. The Hall–Kier alpha value is -2.06. The van der Waals surface area contributed by atoms with Gasteiger partial charge < -0.3 is 21.8 Å². The molecule has 1 aromatic heterocycles. The third-order valence-electron chi connectivity index (χ3n) is 3.61. The summed E-state index contributed by atoms with van der Waals surface area (Å²) in [5, 5.41) is 11.9. The number of hydrogen-bond acceptors (Lipinski definition) is 4. The maximum Gasteiger partial charge on any atom is 0.261 e. The van der Waals surface area contributed by atoms with Crippen LogP contribution in [-0.2, 0) is 0 Å². The summed E-state index contributed by atoms with van der Waals surface area (Å²) in [4.78, 5) is 13.0. The van der Waals surface area contributed by atoms with Crippen LogP contribution in [0.2, 0.25) is 4.34 Å². The fourth-order valence-corrected chi connectivity index (χ4v) is 3.53. The van der Waals surface area contributed by atoms with Crippen LogP contribution < -0.4 is 16.4 Å². The Morgan fingerprint density at radius 1 is 1.48 bits per heavy atom. The van der Waals surface area contributed by atoms with Crippen molar-refractivity contribution in [2.24, 2.45) is 5.73 Å². The normalized spacial score (nSPS) is 12.7. The van der Waals surface area contributed by atoms with Gasteiger partial charge in [-0.05, 0) is 23.8 Å². The lowest BCUT2D eigenvalue weighted by Crippen LogP contribution is -2.76. The fraction of sp³-hybridized carbons (Fsp3) is 0.176. The predicted molar refractivity (Wildman–Crippen MR) is 99.6 cm³/mol. The zero-order valence-corrected chi connectivity index (χ0v) is 15.1. The van der Waals surface area contributed by atoms with E-state index in [1.807, 2.05) is 12.4 Å². The first-order valence-corrected chi connectivity index (χ1v) is 8.75. The van der Waals surface area contributed by atoms with E-state index in [0.717, 1.165) is 22.6 Å². The van der Waals surface area contributed by atoms with Gasteiger partial charge in [-0.15, -0.1) is 11.3 Å². The Bertz CT molecular complexity index is 788. The third-order valence-corrected chi connectivity index (χ3v) is 4.97. The van der Waals surface area contributed by atoms with Crippen molar-refractivity contribution in [2.45, 2.75) is 6.04 Å². The molecule has 0 aliphatic rings. The van der Waals surface area contributed by atoms with E-state index in [1.54, 1.807) is 24.3 Å². The number of hydrogen-bond donors (Lipinski definition) is 4. The number of allylic oxidation sites excluding steroid dienone is 1. The minimum Gasteiger partial charge on any atom is -0.343 e. The predicted octanol–water partition coefficient (Wildman–Crippen LogP) is 2.15. The number of benzene rings is 1. The van der Waals surface area contributed by atoms with Crippen molar-refractivity contribution < 1.29 is 14.5 Å². The van der Waals surface area contributed by atoms with Crippen LogP contribution in [0, 0.1) is 11.2 Å². The average molecular weight is 382 g/mol. The summed E-state index contributed by atoms with van der Waals surface area (Å²) < 4.78 is 13.5. The van der Waals surface area contributed by atoms with Gasteiger partial charge >= 0.3 is 0 Å². The van der Waals surface area contributed by atoms with Crippen molar-refractivity contribution in [3.8, 4) is 0 Å². The molecular weight excluding hydrogens is 363 g/mol. The summed E-state index contributed by atoms with van der Waals surface area (Å²) in [6.07, 6.45) is 2.78. The molecule has 0 spiro atoms. The second-order valence-electron chi connectivity index (χ2n) is 5.19. The first kappa shape index (κ1) is 19.3. The monoisotopic (exact) mass is 381 g/mol. The molecular formula is C17H19ClFN4OS+. The molecule has 132 valence electrons. The lowest BCUT2D eigenvalue weighted by molar-refractivity contribution is -0.530. The number of carbonyl (C=O) groups excluding carboxylic acids is 1. The van der Waals surface area contributed by atoms with Crippen molar-refractivity contribution in [2.75, 3.05) is 13.6 Å². The van der Waals surface area contributed by atoms with E-state index >= 15 is 0 Å². The van der Waals surface area contributed by atoms with Crippen molar-refractivity contribution in [3.05, 3.63) is 62.6 Å². The van der Waals surface area contributed by atoms with Gasteiger partial charge in [0.15, 0.2) is 0 Å². The number of quaternary nitrogens is 1. The third kappa shape index (κ3) is 4.73. The Morgan fingerprint density at radius 2 is 2.16 bits per heavy atom. The number of amides is 1. The van der Waals surface area contributed by atoms with E-state index in [9.17, 15) is 9.18 Å². The molecule has 1 amide bonds. The van der Waals surface area contributed by atoms with Gasteiger partial charge in [0, 0.05) is 18.8 Å². The number of rotatable bonds is 7. The van der Waals surface area contributed by atoms with Gasteiger partial charge in [-0.2, -0.15) is 0 Å². The van der Waals surface area contributed by atoms with E-state index in [1.165, 1.54) is 18.3 Å². The standard InChI is InChI=1S/C17H18ClFN4OS/c1-22-13(6-7-20)12-8-15(25-16(12)18)17(24)23-14(9-21)10-2-4-11(19)5-3-10/h2-8,14,20,22H,9,21H2,1H3,(H,23,24)/p+1/b13-6-,20-7?. The van der Waals surface area contributed by atoms with Crippen molar-refractivity contribution in [1.29, 1.82) is 5.41 Å². The molecule has 0 aliphatic heterocycles. The Kier molecular flexibility index (Phi) is 6.83. The minimum absolute atomic E-state index is 0.186. The van der Waals surface area contributed by atoms with Gasteiger partial charge in [0.1, 0.15) is 15.9 Å². The van der Waals surface area contributed by atoms with Crippen LogP contribution in [0.15, 0.2) is 36.4 Å². The second kappa shape index (κ2) is 8.87. The molecule has 5 nitrogen and oxygen atoms in total. The Balaban J connectivity index is 2.21. The molecule has 0 aliphatic carbocycles. The van der Waals surface area contributed by atoms with Crippen LogP contribution in [-0.4, -0.2) is 25.7 Å². The zero-order valence-electron chi connectivity index (χ0n) is 13.6. The molecule has 25 heavy (non-hydrogen) atoms. The van der Waals surface area contributed by atoms with E-state index in [2.05, 4.69) is 5.32 Å². The number of nitrogens with one attached hydrogen (secondary N) is 2. The number of nitrogens with two attached hydrogens (primary N) is 2. The van der Waals surface area contributed by atoms with Crippen LogP contribution in [0.1, 0.15) is 26.8 Å². The smallest absolute Gasteiger partial charge is 0.261 e. The van der Waals surface area contributed by atoms with Gasteiger partial charge in [0.2, 0.25) is 0 Å². The first-order chi connectivity index (χ1) is 12.0. The lowest BCUT2D eigenvalue weighted by atomic mass is 10.1. The second-order valence-corrected chi connectivity index (χ2v) is 6.84. The Labute approximate surface area is 154 Å². The van der Waals surface area contributed by atoms with Gasteiger partial charge in [-0.1, -0.05) is 23.7 Å². The number of halogens is 2. The highest BCUT2D eigenvalue weighted by molar-refractivity contribution is 7.18. The topological polar surface area (TPSA) is 95.6 Å². The molecule has 1 heterocycles. The molecule has 1 atom stereocenters. The lowest BCUT2D eigenvalue weighted by Gasteiger charge is -2.16. The molecule has 1 unspecified atom stereocenters. The maximum atomic E-state index is 13.0. The summed E-state index contributed by atoms with van der Waals surface area (Å²) in [7, 11) is 1.84. The van der Waals surface area contributed by atoms with Gasteiger partial charge in [0.05, 0.1) is 23.5 Å². The molecule has 0 saturated carbocycles. The van der Waals surface area contributed by atoms with Crippen molar-refractivity contribution in [3.63, 3.8) is 0 Å². The van der Waals surface area contributed by atoms with Crippen LogP contribution in [0.3, 0.4) is 0 Å². The Morgan fingerprint density at radius 3 is 2.72 bits per heavy atom. The van der Waals surface area contributed by atoms with E-state index in [4.69, 9.17) is 22.7 Å². The summed E-state index contributed by atoms with van der Waals surface area (Å²) in [5.74, 6) is -0.648. The SMILES string of the molecule is C[NH2+]/C(=C\C=N)c1cc(C(=O)NC(CN)c2ccc(F)cc2)sc1Cl. The van der Waals surface area contributed by atoms with Crippen LogP contribution >= 0.6 is 22.9 Å². The molecule has 0 bridgehead atoms. The van der Waals surface area contributed by atoms with E-state index in [0.29, 0.717) is 14.8 Å². The molecule has 1 aromatic carbocycles. The van der Waals surface area contributed by atoms with Crippen molar-refractivity contribution in [1.82, 2.24) is 5.32 Å². The summed E-state index contributed by atoms with van der Waals surface area (Å²) in [6, 6.07) is 7.11. The largest absolute Gasteiger partial charge is 0.343 e. The molecule has 0 saturated heterocycles. The van der Waals surface area contributed by atoms with Gasteiger partial charge in [-0.3, -0.25) is 4.79 Å². The fourth-order valence-electron chi connectivity index (χ4n) is 2.31. The minimum atomic E-state index is -0.424. The molecule has 8 heteroatoms. The summed E-state index contributed by atoms with van der Waals surface area (Å²) >= 11 is 7.40. The number of carbonyl (C=O) groups is 1. The van der Waals surface area contributed by atoms with Gasteiger partial charge in [-0.25, -0.2) is 4.39 Å². The quantitative estimate of drug-likeness (QED) is 0.553. The van der Waals surface area contributed by atoms with Crippen LogP contribution in [0.5, 0.6) is 0 Å². The van der Waals surface area contributed by atoms with Crippen LogP contribution in [0.4, 0.5) is 4.39 Å². The zero-order chi connectivity index (χ0) is 18.4. The first-order valence-electron chi connectivity index (χ1n) is 7.56. The molecule has 2 rings (SSSR count). The van der Waals surface area contributed by atoms with Crippen LogP contribution in [0.25, 0.3) is 5.70 Å². The van der Waals surface area contributed by atoms with Crippen molar-refractivity contribution >= 4 is 40.8 Å². The molecule has 6 N–H and O–H groups in total. The summed E-state index contributed by atoms with van der Waals surface area (Å²) in [5.41, 5.74) is 7.94. The summed E-state index contributed by atoms with van der Waals surface area (Å²) in [6.45, 7) is 0.186. The molecule has 2 aromatic rings. The highest BCUT2D eigenvalue weighted by Gasteiger charge is 2.20. The average Bonchev–Trinajstić information content (AvgIpc) is 3.00. The van der Waals surface area contributed by atoms with E-state index < -0.39 is 6.04 Å². The van der Waals surface area contributed by atoms with E-state index in [-0.39, 0.29) is 18.3 Å². The highest BCUT2D eigenvalue weighted by atomic mass is 35.5.